The van der Waals surface area contributed by atoms with E-state index in [1.165, 1.54) is 6.92 Å². The van der Waals surface area contributed by atoms with Crippen molar-refractivity contribution in [2.24, 2.45) is 0 Å². The van der Waals surface area contributed by atoms with Crippen molar-refractivity contribution in [1.82, 2.24) is 0 Å². The fourth-order valence-electron chi connectivity index (χ4n) is 2.14. The van der Waals surface area contributed by atoms with Gasteiger partial charge in [0.05, 0.1) is 0 Å². The number of ether oxygens (including phenoxy) is 2. The molecule has 0 spiro atoms. The van der Waals surface area contributed by atoms with E-state index < -0.39 is 66.8 Å². The van der Waals surface area contributed by atoms with Crippen LogP contribution in [0.2, 0.25) is 0 Å². The number of phosphoric ester groups is 3. The summed E-state index contributed by atoms with van der Waals surface area (Å²) < 4.78 is 55.9. The summed E-state index contributed by atoms with van der Waals surface area (Å²) in [6.07, 6.45) is -11.1. The van der Waals surface area contributed by atoms with E-state index in [0.717, 1.165) is 0 Å². The number of phosphoric acid groups is 3. The van der Waals surface area contributed by atoms with Crippen LogP contribution in [-0.4, -0.2) is 77.7 Å². The number of aliphatic hydroxyl groups is 1. The van der Waals surface area contributed by atoms with Crippen LogP contribution in [0.25, 0.3) is 0 Å². The molecule has 0 bridgehead atoms. The van der Waals surface area contributed by atoms with Crippen LogP contribution >= 0.6 is 23.5 Å². The van der Waals surface area contributed by atoms with Crippen LogP contribution in [0.4, 0.5) is 0 Å². The van der Waals surface area contributed by atoms with Crippen molar-refractivity contribution in [3.05, 3.63) is 0 Å². The van der Waals surface area contributed by atoms with Gasteiger partial charge in [-0.05, 0) is 0 Å². The van der Waals surface area contributed by atoms with Gasteiger partial charge in [0.15, 0.2) is 6.29 Å². The number of esters is 1. The lowest BCUT2D eigenvalue weighted by molar-refractivity contribution is -0.278. The zero-order valence-corrected chi connectivity index (χ0v) is 16.6. The van der Waals surface area contributed by atoms with Gasteiger partial charge in [0.2, 0.25) is 0 Å². The highest BCUT2D eigenvalue weighted by atomic mass is 31.2. The summed E-state index contributed by atoms with van der Waals surface area (Å²) in [5.41, 5.74) is 0. The average Bonchev–Trinajstić information content (AvgIpc) is 2.48. The normalized spacial score (nSPS) is 29.5. The van der Waals surface area contributed by atoms with Crippen LogP contribution in [0.15, 0.2) is 0 Å². The van der Waals surface area contributed by atoms with Crippen LogP contribution in [0.3, 0.4) is 0 Å². The molecule has 16 nitrogen and oxygen atoms in total. The summed E-state index contributed by atoms with van der Waals surface area (Å²) >= 11 is 0. The summed E-state index contributed by atoms with van der Waals surface area (Å²) in [5.74, 6) is -0.811. The maximum Gasteiger partial charge on any atom is 0.470 e. The van der Waals surface area contributed by atoms with E-state index in [4.69, 9.17) is 34.1 Å². The summed E-state index contributed by atoms with van der Waals surface area (Å²) in [7, 11) is -16.3. The molecule has 0 aromatic heterocycles. The second-order valence-corrected chi connectivity index (χ2v) is 8.86. The van der Waals surface area contributed by atoms with Gasteiger partial charge in [-0.1, -0.05) is 6.92 Å². The first-order chi connectivity index (χ1) is 12.5. The molecule has 7 N–H and O–H groups in total. The third kappa shape index (κ3) is 9.03. The van der Waals surface area contributed by atoms with Crippen molar-refractivity contribution in [3.63, 3.8) is 0 Å². The summed E-state index contributed by atoms with van der Waals surface area (Å²) in [6.45, 7) is 0.587. The highest BCUT2D eigenvalue weighted by Gasteiger charge is 2.54. The van der Waals surface area contributed by atoms with Crippen LogP contribution in [0.5, 0.6) is 0 Å². The third-order valence-electron chi connectivity index (χ3n) is 3.08. The number of hydrogen-bond acceptors (Lipinski definition) is 10. The fraction of sp³-hybridized carbons (Fsp3) is 0.889. The van der Waals surface area contributed by atoms with Gasteiger partial charge in [0, 0.05) is 6.42 Å². The van der Waals surface area contributed by atoms with Crippen molar-refractivity contribution in [2.45, 2.75) is 44.1 Å². The molecule has 0 aliphatic carbocycles. The Morgan fingerprint density at radius 1 is 0.857 bits per heavy atom. The Balaban J connectivity index is 3.30. The minimum Gasteiger partial charge on any atom is -0.463 e. The largest absolute Gasteiger partial charge is 0.470 e. The number of aliphatic hydroxyl groups excluding tert-OH is 1. The Labute approximate surface area is 157 Å². The summed E-state index contributed by atoms with van der Waals surface area (Å²) in [6, 6.07) is 0. The lowest BCUT2D eigenvalue weighted by atomic mass is 9.99. The van der Waals surface area contributed by atoms with E-state index in [-0.39, 0.29) is 6.42 Å². The highest BCUT2D eigenvalue weighted by molar-refractivity contribution is 7.47. The zero-order chi connectivity index (χ0) is 21.9. The first-order valence-electron chi connectivity index (χ1n) is 7.23. The molecule has 0 aromatic carbocycles. The average molecular weight is 476 g/mol. The minimum absolute atomic E-state index is 0.119. The van der Waals surface area contributed by atoms with E-state index in [1.54, 1.807) is 0 Å². The van der Waals surface area contributed by atoms with Crippen molar-refractivity contribution in [2.75, 3.05) is 6.61 Å². The van der Waals surface area contributed by atoms with Crippen molar-refractivity contribution in [1.29, 1.82) is 0 Å². The summed E-state index contributed by atoms with van der Waals surface area (Å²) in [5, 5.41) is 9.89. The first-order valence-corrected chi connectivity index (χ1v) is 11.8. The predicted octanol–water partition coefficient (Wildman–Crippen LogP) is -1.91. The number of carbonyl (C=O) groups excluding carboxylic acids is 1. The second kappa shape index (κ2) is 9.69. The molecule has 0 amide bonds. The smallest absolute Gasteiger partial charge is 0.463 e. The molecular formula is C9H19O16P3. The molecule has 5 atom stereocenters. The maximum absolute atomic E-state index is 11.3. The molecule has 1 aliphatic heterocycles. The number of carbonyl (C=O) groups is 1. The van der Waals surface area contributed by atoms with Crippen molar-refractivity contribution >= 4 is 29.4 Å². The van der Waals surface area contributed by atoms with Gasteiger partial charge < -0.3 is 43.9 Å². The van der Waals surface area contributed by atoms with Crippen molar-refractivity contribution < 1.29 is 76.0 Å². The second-order valence-electron chi connectivity index (χ2n) is 5.28. The fourth-order valence-corrected chi connectivity index (χ4v) is 3.81. The molecule has 1 fully saturated rings. The van der Waals surface area contributed by atoms with Crippen LogP contribution in [0, 0.1) is 0 Å². The molecule has 1 unspecified atom stereocenters. The van der Waals surface area contributed by atoms with E-state index in [9.17, 15) is 23.6 Å². The molecule has 0 radical (unpaired) electrons. The van der Waals surface area contributed by atoms with Crippen molar-refractivity contribution in [3.8, 4) is 0 Å². The number of rotatable bonds is 9. The van der Waals surface area contributed by atoms with Gasteiger partial charge in [0.1, 0.15) is 31.0 Å². The Bertz CT molecular complexity index is 677. The van der Waals surface area contributed by atoms with E-state index in [2.05, 4.69) is 18.3 Å². The predicted molar refractivity (Wildman–Crippen MR) is 82.9 cm³/mol. The lowest BCUT2D eigenvalue weighted by Gasteiger charge is -2.43. The molecule has 19 heteroatoms. The van der Waals surface area contributed by atoms with Gasteiger partial charge in [-0.25, -0.2) is 13.7 Å². The SMILES string of the molecule is CCC(=O)OC[C@H]1OC(O)[C@@H](OP(=O)(O)O)[C@@H](OP(=O)(O)O)[C@@H]1OP(=O)(O)O. The van der Waals surface area contributed by atoms with E-state index in [1.807, 2.05) is 0 Å². The summed E-state index contributed by atoms with van der Waals surface area (Å²) in [4.78, 5) is 65.2. The molecule has 0 saturated carbocycles. The van der Waals surface area contributed by atoms with Gasteiger partial charge in [-0.15, -0.1) is 0 Å². The number of hydrogen-bond donors (Lipinski definition) is 7. The quantitative estimate of drug-likeness (QED) is 0.141. The maximum atomic E-state index is 11.3. The van der Waals surface area contributed by atoms with Crippen LogP contribution in [-0.2, 0) is 41.5 Å². The van der Waals surface area contributed by atoms with Gasteiger partial charge in [-0.2, -0.15) is 0 Å². The van der Waals surface area contributed by atoms with Crippen LogP contribution in [0.1, 0.15) is 13.3 Å². The van der Waals surface area contributed by atoms with Gasteiger partial charge in [0.25, 0.3) is 0 Å². The lowest BCUT2D eigenvalue weighted by Crippen LogP contribution is -2.60. The Hall–Kier alpha value is -0.280. The first kappa shape index (κ1) is 25.8. The molecule has 0 aromatic rings. The molecule has 166 valence electrons. The third-order valence-corrected chi connectivity index (χ3v) is 4.64. The molecular weight excluding hydrogens is 457 g/mol. The van der Waals surface area contributed by atoms with Gasteiger partial charge >= 0.3 is 29.4 Å². The molecule has 28 heavy (non-hydrogen) atoms. The van der Waals surface area contributed by atoms with Gasteiger partial charge in [-0.3, -0.25) is 18.4 Å². The standard InChI is InChI=1S/C9H19O16P3/c1-2-5(10)21-3-4-6(23-26(12,13)14)7(24-27(15,16)17)8(9(11)22-4)25-28(18,19)20/h4,6-9,11H,2-3H2,1H3,(H2,12,13,14)(H2,15,16,17)(H2,18,19,20)/t4-,6-,7+,8+,9?/m1/s1. The Morgan fingerprint density at radius 3 is 1.71 bits per heavy atom. The minimum atomic E-state index is -5.48. The molecule has 1 rings (SSSR count). The zero-order valence-electron chi connectivity index (χ0n) is 13.9. The van der Waals surface area contributed by atoms with E-state index in [0.29, 0.717) is 0 Å². The molecule has 1 aliphatic rings. The molecule has 1 saturated heterocycles. The van der Waals surface area contributed by atoms with E-state index >= 15 is 0 Å². The Kier molecular flexibility index (Phi) is 8.91. The monoisotopic (exact) mass is 476 g/mol. The van der Waals surface area contributed by atoms with Crippen LogP contribution < -0.4 is 0 Å². The topological polar surface area (TPSA) is 256 Å². The molecule has 1 heterocycles. The Morgan fingerprint density at radius 2 is 1.29 bits per heavy atom. The highest BCUT2D eigenvalue weighted by Crippen LogP contribution is 2.49.